The summed E-state index contributed by atoms with van der Waals surface area (Å²) >= 11 is 0. The number of pyridine rings is 1. The van der Waals surface area contributed by atoms with E-state index in [1.165, 1.54) is 28.9 Å². The fraction of sp³-hybridized carbons (Fsp3) is 0.238. The molecule has 2 aromatic heterocycles. The van der Waals surface area contributed by atoms with Gasteiger partial charge in [0.2, 0.25) is 5.91 Å². The number of aryl methyl sites for hydroxylation is 2. The van der Waals surface area contributed by atoms with Gasteiger partial charge in [0, 0.05) is 36.5 Å². The number of carbonyl (C=O) groups excluding carboxylic acids is 1. The van der Waals surface area contributed by atoms with E-state index < -0.39 is 9.85 Å². The molecule has 0 saturated carbocycles. The van der Waals surface area contributed by atoms with Crippen molar-refractivity contribution >= 4 is 28.8 Å². The molecule has 0 saturated heterocycles. The summed E-state index contributed by atoms with van der Waals surface area (Å²) in [5.74, 6) is -0.562. The van der Waals surface area contributed by atoms with Crippen molar-refractivity contribution in [2.45, 2.75) is 33.2 Å². The molecule has 13 nitrogen and oxygen atoms in total. The molecular formula is C21H21N7O6. The van der Waals surface area contributed by atoms with E-state index in [1.807, 2.05) is 0 Å². The number of hydrogen-bond donors (Lipinski definition) is 1. The Bertz CT molecular complexity index is 1240. The number of benzene rings is 1. The van der Waals surface area contributed by atoms with Crippen LogP contribution in [0.1, 0.15) is 31.0 Å². The van der Waals surface area contributed by atoms with Crippen LogP contribution in [0.25, 0.3) is 0 Å². The van der Waals surface area contributed by atoms with Crippen LogP contribution in [0.15, 0.2) is 53.9 Å². The highest BCUT2D eigenvalue weighted by Gasteiger charge is 2.16. The second-order valence-corrected chi connectivity index (χ2v) is 7.25. The van der Waals surface area contributed by atoms with Crippen LogP contribution in [-0.2, 0) is 11.3 Å². The van der Waals surface area contributed by atoms with Gasteiger partial charge in [-0.25, -0.2) is 0 Å². The normalized spacial score (nSPS) is 11.2. The summed E-state index contributed by atoms with van der Waals surface area (Å²) in [5.41, 5.74) is 1.82. The van der Waals surface area contributed by atoms with E-state index in [0.717, 1.165) is 5.56 Å². The Balaban J connectivity index is 1.64. The molecule has 3 rings (SSSR count). The molecule has 0 bridgehead atoms. The number of nitro benzene ring substituents is 1. The summed E-state index contributed by atoms with van der Waals surface area (Å²) in [6, 6.07) is 8.67. The third kappa shape index (κ3) is 6.41. The van der Waals surface area contributed by atoms with Crippen LogP contribution < -0.4 is 10.2 Å². The Kier molecular flexibility index (Phi) is 7.59. The summed E-state index contributed by atoms with van der Waals surface area (Å²) in [7, 11) is 0. The predicted octanol–water partition coefficient (Wildman–Crippen LogP) is 3.62. The Morgan fingerprint density at radius 3 is 2.53 bits per heavy atom. The number of anilines is 1. The van der Waals surface area contributed by atoms with Crippen LogP contribution in [0.3, 0.4) is 0 Å². The van der Waals surface area contributed by atoms with Gasteiger partial charge < -0.3 is 20.3 Å². The van der Waals surface area contributed by atoms with Gasteiger partial charge in [-0.3, -0.25) is 19.9 Å². The maximum Gasteiger partial charge on any atom is 0.390 e. The molecule has 0 unspecified atom stereocenters. The van der Waals surface area contributed by atoms with Crippen LogP contribution in [0, 0.1) is 27.2 Å². The molecule has 0 fully saturated rings. The van der Waals surface area contributed by atoms with E-state index in [0.29, 0.717) is 24.4 Å². The first kappa shape index (κ1) is 24.0. The molecule has 13 heteroatoms. The van der Waals surface area contributed by atoms with Crippen molar-refractivity contribution in [1.82, 2.24) is 14.8 Å². The third-order valence-electron chi connectivity index (χ3n) is 4.70. The number of aromatic nitrogens is 3. The summed E-state index contributed by atoms with van der Waals surface area (Å²) in [4.78, 5) is 42.6. The van der Waals surface area contributed by atoms with Crippen molar-refractivity contribution in [3.63, 3.8) is 0 Å². The molecule has 34 heavy (non-hydrogen) atoms. The van der Waals surface area contributed by atoms with Gasteiger partial charge in [0.1, 0.15) is 0 Å². The second kappa shape index (κ2) is 10.8. The number of rotatable bonds is 10. The fourth-order valence-corrected chi connectivity index (χ4v) is 3.00. The number of nitrogens with zero attached hydrogens (tertiary/aromatic N) is 6. The fourth-order valence-electron chi connectivity index (χ4n) is 3.00. The van der Waals surface area contributed by atoms with Gasteiger partial charge in [0.05, 0.1) is 45.8 Å². The van der Waals surface area contributed by atoms with Crippen molar-refractivity contribution < 1.29 is 19.5 Å². The summed E-state index contributed by atoms with van der Waals surface area (Å²) in [6.45, 7) is 3.70. The maximum absolute atomic E-state index is 12.4. The highest BCUT2D eigenvalue weighted by Crippen LogP contribution is 2.26. The van der Waals surface area contributed by atoms with Gasteiger partial charge in [-0.1, -0.05) is 5.16 Å². The smallest absolute Gasteiger partial charge is 0.358 e. The molecule has 0 aliphatic carbocycles. The third-order valence-corrected chi connectivity index (χ3v) is 4.70. The minimum Gasteiger partial charge on any atom is -0.358 e. The number of carbonyl (C=O) groups is 1. The van der Waals surface area contributed by atoms with Gasteiger partial charge >= 0.3 is 5.82 Å². The Morgan fingerprint density at radius 1 is 1.15 bits per heavy atom. The van der Waals surface area contributed by atoms with E-state index in [4.69, 9.17) is 4.84 Å². The number of nitrogens with one attached hydrogen (secondary N) is 1. The van der Waals surface area contributed by atoms with E-state index in [2.05, 4.69) is 20.6 Å². The molecular weight excluding hydrogens is 446 g/mol. The Morgan fingerprint density at radius 2 is 1.88 bits per heavy atom. The van der Waals surface area contributed by atoms with Crippen LogP contribution in [0.4, 0.5) is 17.2 Å². The van der Waals surface area contributed by atoms with E-state index in [-0.39, 0.29) is 35.3 Å². The van der Waals surface area contributed by atoms with Crippen LogP contribution >= 0.6 is 0 Å². The minimum atomic E-state index is -0.602. The molecule has 1 N–H and O–H groups in total. The number of amides is 1. The van der Waals surface area contributed by atoms with Crippen molar-refractivity contribution in [2.75, 3.05) is 5.32 Å². The van der Waals surface area contributed by atoms with Crippen LogP contribution in [-0.4, -0.2) is 36.2 Å². The molecule has 0 spiro atoms. The number of hydrogen-bond acceptors (Lipinski definition) is 9. The van der Waals surface area contributed by atoms with E-state index in [9.17, 15) is 25.0 Å². The van der Waals surface area contributed by atoms with Crippen LogP contribution in [0.2, 0.25) is 0 Å². The topological polar surface area (TPSA) is 168 Å². The average Bonchev–Trinajstić information content (AvgIpc) is 3.18. The number of oxime groups is 1. The molecule has 0 radical (unpaired) electrons. The first-order valence-corrected chi connectivity index (χ1v) is 10.1. The molecule has 176 valence electrons. The van der Waals surface area contributed by atoms with E-state index in [1.54, 1.807) is 38.4 Å². The quantitative estimate of drug-likeness (QED) is 0.268. The van der Waals surface area contributed by atoms with Crippen molar-refractivity contribution in [2.24, 2.45) is 5.16 Å². The van der Waals surface area contributed by atoms with Gasteiger partial charge in [-0.15, -0.1) is 0 Å². The minimum absolute atomic E-state index is 0.0747. The lowest BCUT2D eigenvalue weighted by atomic mass is 10.2. The van der Waals surface area contributed by atoms with Crippen molar-refractivity contribution in [1.29, 1.82) is 0 Å². The maximum atomic E-state index is 12.4. The first-order valence-electron chi connectivity index (χ1n) is 10.1. The van der Waals surface area contributed by atoms with Gasteiger partial charge in [0.25, 0.3) is 5.69 Å². The number of non-ortho nitro benzene ring substituents is 1. The molecule has 1 amide bonds. The SMILES string of the molecule is CC(=NOc1cc(NC(=O)CCCn2nc([N+](=O)[O-])cc2C)cc([N+](=O)[O-])c1)c1ccncc1. The predicted molar refractivity (Wildman–Crippen MR) is 122 cm³/mol. The highest BCUT2D eigenvalue weighted by molar-refractivity contribution is 5.98. The first-order chi connectivity index (χ1) is 16.2. The summed E-state index contributed by atoms with van der Waals surface area (Å²) < 4.78 is 1.45. The lowest BCUT2D eigenvalue weighted by Crippen LogP contribution is -2.13. The molecule has 1 aromatic carbocycles. The average molecular weight is 467 g/mol. The molecule has 0 atom stereocenters. The van der Waals surface area contributed by atoms with Crippen LogP contribution in [0.5, 0.6) is 5.75 Å². The van der Waals surface area contributed by atoms with Crippen molar-refractivity contribution in [3.05, 3.63) is 80.3 Å². The zero-order chi connectivity index (χ0) is 24.7. The molecule has 0 aliphatic heterocycles. The summed E-state index contributed by atoms with van der Waals surface area (Å²) in [5, 5.41) is 32.6. The lowest BCUT2D eigenvalue weighted by molar-refractivity contribution is -0.389. The largest absolute Gasteiger partial charge is 0.390 e. The zero-order valence-corrected chi connectivity index (χ0v) is 18.4. The van der Waals surface area contributed by atoms with Gasteiger partial charge in [0.15, 0.2) is 5.75 Å². The monoisotopic (exact) mass is 467 g/mol. The van der Waals surface area contributed by atoms with Crippen molar-refractivity contribution in [3.8, 4) is 5.75 Å². The second-order valence-electron chi connectivity index (χ2n) is 7.25. The molecule has 2 heterocycles. The lowest BCUT2D eigenvalue weighted by Gasteiger charge is -2.08. The Hall–Kier alpha value is -4.68. The molecule has 3 aromatic rings. The standard InChI is InChI=1S/C21H21N7O6/c1-14-10-20(28(32)33)24-26(14)9-3-4-21(29)23-17-11-18(27(30)31)13-19(12-17)34-25-15(2)16-5-7-22-8-6-16/h5-8,10-13H,3-4,9H2,1-2H3,(H,23,29). The van der Waals surface area contributed by atoms with E-state index >= 15 is 0 Å². The van der Waals surface area contributed by atoms with Gasteiger partial charge in [-0.05, 0) is 37.3 Å². The zero-order valence-electron chi connectivity index (χ0n) is 18.4. The molecule has 0 aliphatic rings. The van der Waals surface area contributed by atoms with Gasteiger partial charge in [-0.2, -0.15) is 4.68 Å². The Labute approximate surface area is 193 Å². The highest BCUT2D eigenvalue weighted by atomic mass is 16.6. The number of nitro groups is 2. The summed E-state index contributed by atoms with van der Waals surface area (Å²) in [6.07, 6.45) is 3.64.